The summed E-state index contributed by atoms with van der Waals surface area (Å²) in [5, 5.41) is 6.23. The number of nitrogens with zero attached hydrogens (tertiary/aromatic N) is 3. The van der Waals surface area contributed by atoms with E-state index >= 15 is 0 Å². The molecular formula is C16H22ClF3N4O. The lowest BCUT2D eigenvalue weighted by molar-refractivity contribution is -0.141. The van der Waals surface area contributed by atoms with E-state index in [1.54, 1.807) is 6.92 Å². The van der Waals surface area contributed by atoms with Crippen molar-refractivity contribution in [3.63, 3.8) is 0 Å². The Kier molecular flexibility index (Phi) is 5.03. The van der Waals surface area contributed by atoms with Gasteiger partial charge in [0.2, 0.25) is 5.91 Å². The molecule has 1 N–H and O–H groups in total. The number of halogens is 4. The maximum atomic E-state index is 13.1. The van der Waals surface area contributed by atoms with Crippen LogP contribution in [0.3, 0.4) is 0 Å². The van der Waals surface area contributed by atoms with Gasteiger partial charge in [0.1, 0.15) is 6.04 Å². The molecular weight excluding hydrogens is 357 g/mol. The molecule has 140 valence electrons. The van der Waals surface area contributed by atoms with Crippen molar-refractivity contribution in [1.29, 1.82) is 0 Å². The minimum atomic E-state index is -4.63. The predicted octanol–water partition coefficient (Wildman–Crippen LogP) is 3.20. The van der Waals surface area contributed by atoms with Gasteiger partial charge < -0.3 is 10.2 Å². The fourth-order valence-corrected chi connectivity index (χ4v) is 3.60. The number of likely N-dealkylation sites (tertiary alicyclic amines) is 1. The largest absolute Gasteiger partial charge is 0.436 e. The van der Waals surface area contributed by atoms with E-state index in [2.05, 4.69) is 15.3 Å². The topological polar surface area (TPSA) is 50.2 Å². The van der Waals surface area contributed by atoms with Crippen molar-refractivity contribution in [1.82, 2.24) is 20.0 Å². The highest BCUT2D eigenvalue weighted by Gasteiger charge is 2.43. The lowest BCUT2D eigenvalue weighted by Gasteiger charge is -2.30. The van der Waals surface area contributed by atoms with Gasteiger partial charge in [0.25, 0.3) is 0 Å². The number of piperidine rings is 1. The van der Waals surface area contributed by atoms with Crippen LogP contribution in [0, 0.1) is 0 Å². The van der Waals surface area contributed by atoms with Crippen LogP contribution >= 0.6 is 11.6 Å². The number of hydrogen-bond donors (Lipinski definition) is 1. The molecule has 2 aliphatic rings. The molecule has 0 radical (unpaired) electrons. The number of amides is 1. The summed E-state index contributed by atoms with van der Waals surface area (Å²) in [6.45, 7) is 3.34. The van der Waals surface area contributed by atoms with Crippen LogP contribution in [-0.4, -0.2) is 46.8 Å². The standard InChI is InChI=1S/C16H22ClF3N4O/c1-9(15(25)21-11-5-7-23(2)8-6-11)24-13(10-3-4-10)12(17)14(22-24)16(18,19)20/h9-11H,3-8H2,1-2H3,(H,21,25)/t9-/m0/s1. The van der Waals surface area contributed by atoms with Crippen molar-refractivity contribution in [2.24, 2.45) is 0 Å². The average Bonchev–Trinajstić information content (AvgIpc) is 3.30. The van der Waals surface area contributed by atoms with Crippen LogP contribution in [0.1, 0.15) is 56.0 Å². The maximum absolute atomic E-state index is 13.1. The Bertz CT molecular complexity index is 649. The number of rotatable bonds is 4. The van der Waals surface area contributed by atoms with E-state index in [1.165, 1.54) is 4.68 Å². The number of aromatic nitrogens is 2. The fourth-order valence-electron chi connectivity index (χ4n) is 3.21. The van der Waals surface area contributed by atoms with E-state index in [0.29, 0.717) is 5.69 Å². The molecule has 1 aliphatic heterocycles. The Morgan fingerprint density at radius 3 is 2.40 bits per heavy atom. The highest BCUT2D eigenvalue weighted by atomic mass is 35.5. The van der Waals surface area contributed by atoms with Gasteiger partial charge in [0.05, 0.1) is 10.7 Å². The molecule has 1 saturated heterocycles. The zero-order chi connectivity index (χ0) is 18.4. The van der Waals surface area contributed by atoms with Crippen molar-refractivity contribution in [2.45, 2.75) is 56.8 Å². The molecule has 2 fully saturated rings. The first-order valence-corrected chi connectivity index (χ1v) is 8.90. The van der Waals surface area contributed by atoms with Crippen LogP contribution < -0.4 is 5.32 Å². The summed E-state index contributed by atoms with van der Waals surface area (Å²) in [7, 11) is 2.02. The van der Waals surface area contributed by atoms with Gasteiger partial charge in [-0.15, -0.1) is 0 Å². The molecule has 1 atom stereocenters. The molecule has 1 aliphatic carbocycles. The normalized spacial score (nSPS) is 21.4. The highest BCUT2D eigenvalue weighted by molar-refractivity contribution is 6.32. The van der Waals surface area contributed by atoms with Crippen LogP contribution in [0.2, 0.25) is 5.02 Å². The predicted molar refractivity (Wildman–Crippen MR) is 87.6 cm³/mol. The van der Waals surface area contributed by atoms with Gasteiger partial charge in [-0.25, -0.2) is 0 Å². The Morgan fingerprint density at radius 2 is 1.88 bits per heavy atom. The Hall–Kier alpha value is -1.28. The Labute approximate surface area is 149 Å². The van der Waals surface area contributed by atoms with Crippen molar-refractivity contribution in [2.75, 3.05) is 20.1 Å². The van der Waals surface area contributed by atoms with Crippen LogP contribution in [0.4, 0.5) is 13.2 Å². The quantitative estimate of drug-likeness (QED) is 0.875. The molecule has 3 rings (SSSR count). The van der Waals surface area contributed by atoms with Crippen molar-refractivity contribution >= 4 is 17.5 Å². The molecule has 0 bridgehead atoms. The lowest BCUT2D eigenvalue weighted by atomic mass is 10.1. The molecule has 5 nitrogen and oxygen atoms in total. The minimum absolute atomic E-state index is 0.0450. The van der Waals surface area contributed by atoms with Crippen LogP contribution in [0.5, 0.6) is 0 Å². The lowest BCUT2D eigenvalue weighted by Crippen LogP contribution is -2.45. The zero-order valence-electron chi connectivity index (χ0n) is 14.2. The summed E-state index contributed by atoms with van der Waals surface area (Å²) in [6, 6.07) is -0.785. The number of hydrogen-bond acceptors (Lipinski definition) is 3. The second kappa shape index (κ2) is 6.79. The molecule has 1 amide bonds. The summed E-state index contributed by atoms with van der Waals surface area (Å²) in [4.78, 5) is 14.7. The number of carbonyl (C=O) groups is 1. The van der Waals surface area contributed by atoms with Gasteiger partial charge in [0, 0.05) is 12.0 Å². The maximum Gasteiger partial charge on any atom is 0.436 e. The molecule has 1 aromatic heterocycles. The van der Waals surface area contributed by atoms with Crippen LogP contribution in [0.25, 0.3) is 0 Å². The SMILES string of the molecule is C[C@@H](C(=O)NC1CCN(C)CC1)n1nc(C(F)(F)F)c(Cl)c1C1CC1. The molecule has 1 saturated carbocycles. The van der Waals surface area contributed by atoms with Crippen molar-refractivity contribution in [3.8, 4) is 0 Å². The van der Waals surface area contributed by atoms with Crippen molar-refractivity contribution < 1.29 is 18.0 Å². The van der Waals surface area contributed by atoms with E-state index in [9.17, 15) is 18.0 Å². The number of alkyl halides is 3. The molecule has 25 heavy (non-hydrogen) atoms. The van der Waals surface area contributed by atoms with Gasteiger partial charge in [-0.05, 0) is 52.7 Å². The Morgan fingerprint density at radius 1 is 1.28 bits per heavy atom. The van der Waals surface area contributed by atoms with Gasteiger partial charge in [-0.2, -0.15) is 18.3 Å². The van der Waals surface area contributed by atoms with E-state index in [4.69, 9.17) is 11.6 Å². The second-order valence-corrected chi connectivity index (χ2v) is 7.40. The first-order chi connectivity index (χ1) is 11.7. The number of carbonyl (C=O) groups excluding carboxylic acids is 1. The Balaban J connectivity index is 1.79. The molecule has 0 unspecified atom stereocenters. The zero-order valence-corrected chi connectivity index (χ0v) is 15.0. The molecule has 0 spiro atoms. The summed E-state index contributed by atoms with van der Waals surface area (Å²) in [5.41, 5.74) is -0.768. The molecule has 1 aromatic rings. The third-order valence-electron chi connectivity index (χ3n) is 4.93. The van der Waals surface area contributed by atoms with Gasteiger partial charge >= 0.3 is 6.18 Å². The highest BCUT2D eigenvalue weighted by Crippen LogP contribution is 2.47. The first kappa shape index (κ1) is 18.5. The fraction of sp³-hybridized carbons (Fsp3) is 0.750. The average molecular weight is 379 g/mol. The second-order valence-electron chi connectivity index (χ2n) is 7.03. The molecule has 2 heterocycles. The van der Waals surface area contributed by atoms with E-state index in [1.807, 2.05) is 7.05 Å². The summed E-state index contributed by atoms with van der Waals surface area (Å²) in [6.07, 6.45) is -1.43. The molecule has 0 aromatic carbocycles. The smallest absolute Gasteiger partial charge is 0.351 e. The summed E-state index contributed by atoms with van der Waals surface area (Å²) >= 11 is 5.97. The minimum Gasteiger partial charge on any atom is -0.351 e. The van der Waals surface area contributed by atoms with Gasteiger partial charge in [-0.1, -0.05) is 11.6 Å². The van der Waals surface area contributed by atoms with E-state index < -0.39 is 17.9 Å². The third kappa shape index (κ3) is 3.95. The monoisotopic (exact) mass is 378 g/mol. The molecule has 9 heteroatoms. The number of nitrogens with one attached hydrogen (secondary N) is 1. The van der Waals surface area contributed by atoms with Gasteiger partial charge in [0.15, 0.2) is 5.69 Å². The van der Waals surface area contributed by atoms with Gasteiger partial charge in [-0.3, -0.25) is 9.48 Å². The summed E-state index contributed by atoms with van der Waals surface area (Å²) in [5.74, 6) is -0.362. The third-order valence-corrected chi connectivity index (χ3v) is 5.30. The summed E-state index contributed by atoms with van der Waals surface area (Å²) < 4.78 is 40.6. The first-order valence-electron chi connectivity index (χ1n) is 8.52. The van der Waals surface area contributed by atoms with E-state index in [-0.39, 0.29) is 22.9 Å². The van der Waals surface area contributed by atoms with Crippen molar-refractivity contribution in [3.05, 3.63) is 16.4 Å². The van der Waals surface area contributed by atoms with Crippen LogP contribution in [-0.2, 0) is 11.0 Å². The van der Waals surface area contributed by atoms with E-state index in [0.717, 1.165) is 38.8 Å². The van der Waals surface area contributed by atoms with Crippen LogP contribution in [0.15, 0.2) is 0 Å².